The molecular formula is C14H21N3O3S. The highest BCUT2D eigenvalue weighted by Crippen LogP contribution is 2.13. The average molecular weight is 311 g/mol. The maximum atomic E-state index is 12.4. The number of amides is 1. The van der Waals surface area contributed by atoms with Crippen LogP contribution in [0.5, 0.6) is 0 Å². The van der Waals surface area contributed by atoms with Crippen LogP contribution < -0.4 is 5.32 Å². The smallest absolute Gasteiger partial charge is 0.243 e. The lowest BCUT2D eigenvalue weighted by molar-refractivity contribution is -0.132. The Morgan fingerprint density at radius 3 is 2.67 bits per heavy atom. The average Bonchev–Trinajstić information content (AvgIpc) is 2.48. The van der Waals surface area contributed by atoms with Crippen LogP contribution in [0.3, 0.4) is 0 Å². The molecule has 0 bridgehead atoms. The molecule has 1 aromatic carbocycles. The minimum Gasteiger partial charge on any atom is -0.339 e. The number of hydrogen-bond donors (Lipinski definition) is 1. The molecule has 1 aliphatic rings. The van der Waals surface area contributed by atoms with E-state index in [9.17, 15) is 13.2 Å². The van der Waals surface area contributed by atoms with Crippen LogP contribution in [0.4, 0.5) is 0 Å². The molecule has 1 fully saturated rings. The molecule has 1 heterocycles. The molecule has 0 radical (unpaired) electrons. The van der Waals surface area contributed by atoms with Gasteiger partial charge in [-0.15, -0.1) is 0 Å². The predicted molar refractivity (Wildman–Crippen MR) is 80.3 cm³/mol. The van der Waals surface area contributed by atoms with Crippen molar-refractivity contribution >= 4 is 15.9 Å². The summed E-state index contributed by atoms with van der Waals surface area (Å²) >= 11 is 0. The fourth-order valence-electron chi connectivity index (χ4n) is 2.31. The number of rotatable bonds is 4. The van der Waals surface area contributed by atoms with Crippen molar-refractivity contribution in [3.63, 3.8) is 0 Å². The van der Waals surface area contributed by atoms with E-state index in [1.165, 1.54) is 19.2 Å². The Bertz CT molecular complexity index is 589. The number of nitrogens with zero attached hydrogens (tertiary/aromatic N) is 2. The molecule has 1 saturated heterocycles. The van der Waals surface area contributed by atoms with Gasteiger partial charge in [0.15, 0.2) is 0 Å². The Morgan fingerprint density at radius 1 is 1.38 bits per heavy atom. The van der Waals surface area contributed by atoms with Crippen LogP contribution in [0.25, 0.3) is 0 Å². The van der Waals surface area contributed by atoms with Crippen LogP contribution >= 0.6 is 0 Å². The predicted octanol–water partition coefficient (Wildman–Crippen LogP) is 0.127. The molecule has 2 rings (SSSR count). The van der Waals surface area contributed by atoms with E-state index in [4.69, 9.17) is 0 Å². The third kappa shape index (κ3) is 3.81. The Balaban J connectivity index is 2.04. The van der Waals surface area contributed by atoms with E-state index in [1.807, 2.05) is 6.92 Å². The van der Waals surface area contributed by atoms with E-state index in [2.05, 4.69) is 5.32 Å². The summed E-state index contributed by atoms with van der Waals surface area (Å²) in [5.41, 5.74) is 0. The number of hydrogen-bond acceptors (Lipinski definition) is 4. The minimum absolute atomic E-state index is 0.135. The molecule has 0 aliphatic carbocycles. The summed E-state index contributed by atoms with van der Waals surface area (Å²) in [6.45, 7) is 3.83. The Hall–Kier alpha value is -1.44. The summed E-state index contributed by atoms with van der Waals surface area (Å²) in [5.74, 6) is -0.162. The lowest BCUT2D eigenvalue weighted by Crippen LogP contribution is -2.53. The van der Waals surface area contributed by atoms with Gasteiger partial charge in [-0.05, 0) is 19.1 Å². The van der Waals surface area contributed by atoms with Gasteiger partial charge in [0.25, 0.3) is 0 Å². The van der Waals surface area contributed by atoms with E-state index in [0.29, 0.717) is 13.1 Å². The van der Waals surface area contributed by atoms with E-state index < -0.39 is 10.0 Å². The molecule has 1 unspecified atom stereocenters. The summed E-state index contributed by atoms with van der Waals surface area (Å²) < 4.78 is 25.8. The second-order valence-electron chi connectivity index (χ2n) is 5.27. The largest absolute Gasteiger partial charge is 0.339 e. The van der Waals surface area contributed by atoms with Crippen molar-refractivity contribution in [1.82, 2.24) is 14.5 Å². The van der Waals surface area contributed by atoms with Crippen LogP contribution in [-0.2, 0) is 14.8 Å². The summed E-state index contributed by atoms with van der Waals surface area (Å²) in [4.78, 5) is 14.1. The highest BCUT2D eigenvalue weighted by atomic mass is 32.2. The molecule has 1 aliphatic heterocycles. The van der Waals surface area contributed by atoms with Crippen molar-refractivity contribution in [2.75, 3.05) is 33.2 Å². The van der Waals surface area contributed by atoms with Crippen molar-refractivity contribution in [2.24, 2.45) is 0 Å². The SMILES string of the molecule is CC1CN(C(=O)CN(C)S(=O)(=O)c2ccccc2)CCN1. The molecule has 6 nitrogen and oxygen atoms in total. The van der Waals surface area contributed by atoms with Crippen molar-refractivity contribution < 1.29 is 13.2 Å². The summed E-state index contributed by atoms with van der Waals surface area (Å²) in [6.07, 6.45) is 0. The molecule has 21 heavy (non-hydrogen) atoms. The fourth-order valence-corrected chi connectivity index (χ4v) is 3.45. The van der Waals surface area contributed by atoms with Crippen molar-refractivity contribution in [3.05, 3.63) is 30.3 Å². The monoisotopic (exact) mass is 311 g/mol. The number of benzene rings is 1. The zero-order valence-corrected chi connectivity index (χ0v) is 13.1. The van der Waals surface area contributed by atoms with Crippen molar-refractivity contribution in [2.45, 2.75) is 17.9 Å². The van der Waals surface area contributed by atoms with E-state index >= 15 is 0 Å². The third-order valence-electron chi connectivity index (χ3n) is 3.53. The van der Waals surface area contributed by atoms with E-state index in [0.717, 1.165) is 10.8 Å². The van der Waals surface area contributed by atoms with Gasteiger partial charge in [0, 0.05) is 32.7 Å². The fraction of sp³-hybridized carbons (Fsp3) is 0.500. The lowest BCUT2D eigenvalue weighted by Gasteiger charge is -2.32. The van der Waals surface area contributed by atoms with Crippen LogP contribution in [0, 0.1) is 0 Å². The van der Waals surface area contributed by atoms with E-state index in [1.54, 1.807) is 23.1 Å². The van der Waals surface area contributed by atoms with Crippen molar-refractivity contribution in [1.29, 1.82) is 0 Å². The number of carbonyl (C=O) groups excluding carboxylic acids is 1. The molecule has 116 valence electrons. The highest BCUT2D eigenvalue weighted by Gasteiger charge is 2.26. The quantitative estimate of drug-likeness (QED) is 0.858. The normalized spacial score (nSPS) is 19.8. The first-order valence-corrected chi connectivity index (χ1v) is 8.38. The first kappa shape index (κ1) is 15.9. The number of nitrogens with one attached hydrogen (secondary N) is 1. The Kier molecular flexibility index (Phi) is 4.97. The summed E-state index contributed by atoms with van der Waals surface area (Å²) in [5, 5.41) is 3.25. The molecular weight excluding hydrogens is 290 g/mol. The number of carbonyl (C=O) groups is 1. The van der Waals surface area contributed by atoms with Crippen LogP contribution in [0.15, 0.2) is 35.2 Å². The highest BCUT2D eigenvalue weighted by molar-refractivity contribution is 7.89. The number of piperazine rings is 1. The Labute approximate surface area is 125 Å². The van der Waals surface area contributed by atoms with Gasteiger partial charge in [0.1, 0.15) is 0 Å². The molecule has 7 heteroatoms. The van der Waals surface area contributed by atoms with Gasteiger partial charge in [-0.3, -0.25) is 4.79 Å². The third-order valence-corrected chi connectivity index (χ3v) is 5.35. The second kappa shape index (κ2) is 6.55. The summed E-state index contributed by atoms with van der Waals surface area (Å²) in [6, 6.07) is 8.39. The van der Waals surface area contributed by atoms with Gasteiger partial charge < -0.3 is 10.2 Å². The topological polar surface area (TPSA) is 69.7 Å². The first-order chi connectivity index (χ1) is 9.91. The molecule has 1 N–H and O–H groups in total. The molecule has 1 atom stereocenters. The maximum absolute atomic E-state index is 12.4. The number of likely N-dealkylation sites (N-methyl/N-ethyl adjacent to an activating group) is 1. The molecule has 1 aromatic rings. The molecule has 1 amide bonds. The van der Waals surface area contributed by atoms with Gasteiger partial charge in [-0.25, -0.2) is 8.42 Å². The second-order valence-corrected chi connectivity index (χ2v) is 7.31. The summed E-state index contributed by atoms with van der Waals surface area (Å²) in [7, 11) is -2.18. The standard InChI is InChI=1S/C14H21N3O3S/c1-12-10-17(9-8-15-12)14(18)11-16(2)21(19,20)13-6-4-3-5-7-13/h3-7,12,15H,8-11H2,1-2H3. The van der Waals surface area contributed by atoms with Crippen LogP contribution in [0.1, 0.15) is 6.92 Å². The maximum Gasteiger partial charge on any atom is 0.243 e. The van der Waals surface area contributed by atoms with Crippen LogP contribution in [0.2, 0.25) is 0 Å². The first-order valence-electron chi connectivity index (χ1n) is 6.94. The lowest BCUT2D eigenvalue weighted by atomic mass is 10.2. The number of sulfonamides is 1. The minimum atomic E-state index is -3.62. The zero-order valence-electron chi connectivity index (χ0n) is 12.3. The van der Waals surface area contributed by atoms with Gasteiger partial charge in [-0.2, -0.15) is 4.31 Å². The zero-order chi connectivity index (χ0) is 15.5. The molecule has 0 spiro atoms. The van der Waals surface area contributed by atoms with Gasteiger partial charge in [0.2, 0.25) is 15.9 Å². The Morgan fingerprint density at radius 2 is 2.05 bits per heavy atom. The molecule has 0 aromatic heterocycles. The van der Waals surface area contributed by atoms with Gasteiger partial charge in [0.05, 0.1) is 11.4 Å². The molecule has 0 saturated carbocycles. The van der Waals surface area contributed by atoms with Crippen molar-refractivity contribution in [3.8, 4) is 0 Å². The van der Waals surface area contributed by atoms with Gasteiger partial charge in [-0.1, -0.05) is 18.2 Å². The van der Waals surface area contributed by atoms with Crippen LogP contribution in [-0.4, -0.2) is 62.8 Å². The van der Waals surface area contributed by atoms with Gasteiger partial charge >= 0.3 is 0 Å². The van der Waals surface area contributed by atoms with E-state index in [-0.39, 0.29) is 23.4 Å².